The SMILES string of the molecule is O=C(C1=NN(c2ccccc2)C2(SCC(=O)N2c2ccccc2)S1)c1cccs1. The van der Waals surface area contributed by atoms with Gasteiger partial charge in [0.2, 0.25) is 16.0 Å². The number of benzene rings is 2. The van der Waals surface area contributed by atoms with Crippen LogP contribution in [-0.4, -0.2) is 26.8 Å². The number of Topliss-reactive ketones (excluding diaryl/α,β-unsaturated/α-hetero) is 1. The zero-order valence-corrected chi connectivity index (χ0v) is 17.5. The number of carbonyl (C=O) groups is 2. The quantitative estimate of drug-likeness (QED) is 0.544. The summed E-state index contributed by atoms with van der Waals surface area (Å²) >= 11 is 4.22. The highest BCUT2D eigenvalue weighted by molar-refractivity contribution is 8.28. The third-order valence-corrected chi connectivity index (χ3v) is 8.23. The first-order valence-electron chi connectivity index (χ1n) is 8.92. The lowest BCUT2D eigenvalue weighted by Gasteiger charge is -2.39. The van der Waals surface area contributed by atoms with Gasteiger partial charge in [-0.3, -0.25) is 14.5 Å². The highest BCUT2D eigenvalue weighted by Crippen LogP contribution is 2.55. The highest BCUT2D eigenvalue weighted by Gasteiger charge is 2.58. The third-order valence-electron chi connectivity index (χ3n) is 4.56. The van der Waals surface area contributed by atoms with Crippen LogP contribution in [0.5, 0.6) is 0 Å². The van der Waals surface area contributed by atoms with Crippen LogP contribution in [0.25, 0.3) is 0 Å². The maximum atomic E-state index is 13.1. The molecule has 1 unspecified atom stereocenters. The maximum absolute atomic E-state index is 13.1. The minimum atomic E-state index is -0.873. The van der Waals surface area contributed by atoms with Gasteiger partial charge >= 0.3 is 0 Å². The molecular weight excluding hydrogens is 422 g/mol. The maximum Gasteiger partial charge on any atom is 0.243 e. The Morgan fingerprint density at radius 1 is 0.931 bits per heavy atom. The molecule has 1 spiro atoms. The van der Waals surface area contributed by atoms with Crippen molar-refractivity contribution in [3.8, 4) is 0 Å². The van der Waals surface area contributed by atoms with Crippen molar-refractivity contribution in [2.24, 2.45) is 5.10 Å². The van der Waals surface area contributed by atoms with Gasteiger partial charge in [-0.15, -0.1) is 11.3 Å². The Morgan fingerprint density at radius 2 is 1.62 bits per heavy atom. The summed E-state index contributed by atoms with van der Waals surface area (Å²) in [6, 6.07) is 22.9. The molecule has 1 saturated heterocycles. The van der Waals surface area contributed by atoms with Crippen LogP contribution in [0.1, 0.15) is 9.67 Å². The van der Waals surface area contributed by atoms with Gasteiger partial charge in [0.1, 0.15) is 0 Å². The Balaban J connectivity index is 1.63. The average Bonchev–Trinajstić information content (AvgIpc) is 3.49. The first-order chi connectivity index (χ1) is 14.2. The standard InChI is InChI=1S/C21H15N3O2S3/c25-18-14-28-21(23(18)15-8-3-1-4-9-15)24(16-10-5-2-6-11-16)22-20(29-21)19(26)17-12-7-13-27-17/h1-13H,14H2. The second-order valence-electron chi connectivity index (χ2n) is 6.36. The number of para-hydroxylation sites is 2. The molecule has 3 aromatic rings. The van der Waals surface area contributed by atoms with Crippen molar-refractivity contribution >= 4 is 63.0 Å². The summed E-state index contributed by atoms with van der Waals surface area (Å²) in [7, 11) is 0. The normalized spacial score (nSPS) is 21.1. The molecule has 5 rings (SSSR count). The number of rotatable bonds is 4. The molecule has 2 aliphatic rings. The van der Waals surface area contributed by atoms with E-state index < -0.39 is 4.33 Å². The van der Waals surface area contributed by atoms with E-state index in [0.717, 1.165) is 11.4 Å². The van der Waals surface area contributed by atoms with Crippen LogP contribution in [0.2, 0.25) is 0 Å². The molecule has 144 valence electrons. The minimum Gasteiger partial charge on any atom is -0.285 e. The largest absolute Gasteiger partial charge is 0.285 e. The second-order valence-corrected chi connectivity index (χ2v) is 9.88. The van der Waals surface area contributed by atoms with Crippen molar-refractivity contribution < 1.29 is 9.59 Å². The lowest BCUT2D eigenvalue weighted by atomic mass is 10.3. The first kappa shape index (κ1) is 18.5. The predicted molar refractivity (Wildman–Crippen MR) is 122 cm³/mol. The van der Waals surface area contributed by atoms with E-state index in [1.54, 1.807) is 16.0 Å². The van der Waals surface area contributed by atoms with E-state index in [9.17, 15) is 9.59 Å². The van der Waals surface area contributed by atoms with E-state index >= 15 is 0 Å². The summed E-state index contributed by atoms with van der Waals surface area (Å²) in [5.41, 5.74) is 1.62. The van der Waals surface area contributed by atoms with Crippen LogP contribution in [0, 0.1) is 0 Å². The van der Waals surface area contributed by atoms with E-state index in [4.69, 9.17) is 5.10 Å². The fraction of sp³-hybridized carbons (Fsp3) is 0.0952. The minimum absolute atomic E-state index is 0.00495. The van der Waals surface area contributed by atoms with Gasteiger partial charge in [-0.1, -0.05) is 54.2 Å². The average molecular weight is 438 g/mol. The molecule has 0 bridgehead atoms. The van der Waals surface area contributed by atoms with Crippen molar-refractivity contribution in [2.75, 3.05) is 15.7 Å². The number of carbonyl (C=O) groups excluding carboxylic acids is 2. The van der Waals surface area contributed by atoms with E-state index in [0.29, 0.717) is 15.7 Å². The van der Waals surface area contributed by atoms with Gasteiger partial charge in [0.05, 0.1) is 16.3 Å². The van der Waals surface area contributed by atoms with E-state index in [-0.39, 0.29) is 11.7 Å². The summed E-state index contributed by atoms with van der Waals surface area (Å²) in [4.78, 5) is 28.4. The molecular formula is C21H15N3O2S3. The number of nitrogens with zero attached hydrogens (tertiary/aromatic N) is 3. The Hall–Kier alpha value is -2.55. The second kappa shape index (κ2) is 7.37. The molecule has 8 heteroatoms. The molecule has 2 aliphatic heterocycles. The molecule has 2 aromatic carbocycles. The molecule has 0 radical (unpaired) electrons. The number of hydrogen-bond donors (Lipinski definition) is 0. The van der Waals surface area contributed by atoms with Gasteiger partial charge in [0, 0.05) is 5.69 Å². The molecule has 0 saturated carbocycles. The van der Waals surface area contributed by atoms with Crippen molar-refractivity contribution in [2.45, 2.75) is 4.33 Å². The summed E-state index contributed by atoms with van der Waals surface area (Å²) < 4.78 is -0.873. The number of hydrazone groups is 1. The highest BCUT2D eigenvalue weighted by atomic mass is 32.2. The fourth-order valence-electron chi connectivity index (χ4n) is 3.30. The number of amides is 1. The molecule has 1 atom stereocenters. The summed E-state index contributed by atoms with van der Waals surface area (Å²) in [6.07, 6.45) is 0. The summed E-state index contributed by atoms with van der Waals surface area (Å²) in [6.45, 7) is 0. The molecule has 29 heavy (non-hydrogen) atoms. The fourth-order valence-corrected chi connectivity index (χ4v) is 6.83. The molecule has 1 aromatic heterocycles. The summed E-state index contributed by atoms with van der Waals surface area (Å²) in [5.74, 6) is 0.201. The van der Waals surface area contributed by atoms with Crippen LogP contribution >= 0.6 is 34.9 Å². The molecule has 0 aliphatic carbocycles. The molecule has 5 nitrogen and oxygen atoms in total. The number of anilines is 2. The van der Waals surface area contributed by atoms with Gasteiger partial charge in [0.25, 0.3) is 0 Å². The van der Waals surface area contributed by atoms with E-state index in [2.05, 4.69) is 0 Å². The lowest BCUT2D eigenvalue weighted by molar-refractivity contribution is -0.115. The lowest BCUT2D eigenvalue weighted by Crippen LogP contribution is -2.51. The molecule has 3 heterocycles. The van der Waals surface area contributed by atoms with Gasteiger partial charge in [-0.25, -0.2) is 5.01 Å². The van der Waals surface area contributed by atoms with Crippen molar-refractivity contribution in [1.82, 2.24) is 0 Å². The first-order valence-corrected chi connectivity index (χ1v) is 11.6. The van der Waals surface area contributed by atoms with Crippen LogP contribution in [-0.2, 0) is 4.79 Å². The number of thiophene rings is 1. The smallest absolute Gasteiger partial charge is 0.243 e. The Morgan fingerprint density at radius 3 is 2.28 bits per heavy atom. The van der Waals surface area contributed by atoms with E-state index in [1.807, 2.05) is 72.1 Å². The molecule has 1 amide bonds. The zero-order valence-electron chi connectivity index (χ0n) is 15.1. The van der Waals surface area contributed by atoms with E-state index in [1.165, 1.54) is 34.9 Å². The van der Waals surface area contributed by atoms with Gasteiger partial charge in [-0.2, -0.15) is 5.10 Å². The van der Waals surface area contributed by atoms with Crippen LogP contribution in [0.15, 0.2) is 83.3 Å². The topological polar surface area (TPSA) is 53.0 Å². The van der Waals surface area contributed by atoms with Crippen molar-refractivity contribution in [3.05, 3.63) is 83.1 Å². The number of thioether (sulfide) groups is 2. The Kier molecular flexibility index (Phi) is 4.69. The van der Waals surface area contributed by atoms with Crippen LogP contribution in [0.3, 0.4) is 0 Å². The monoisotopic (exact) mass is 437 g/mol. The number of ketones is 1. The van der Waals surface area contributed by atoms with Crippen molar-refractivity contribution in [1.29, 1.82) is 0 Å². The Labute approximate surface area is 180 Å². The predicted octanol–water partition coefficient (Wildman–Crippen LogP) is 4.89. The van der Waals surface area contributed by atoms with Crippen LogP contribution < -0.4 is 9.91 Å². The van der Waals surface area contributed by atoms with Crippen molar-refractivity contribution in [3.63, 3.8) is 0 Å². The molecule has 1 fully saturated rings. The molecule has 0 N–H and O–H groups in total. The van der Waals surface area contributed by atoms with Crippen LogP contribution in [0.4, 0.5) is 11.4 Å². The number of hydrogen-bond acceptors (Lipinski definition) is 7. The van der Waals surface area contributed by atoms with Gasteiger partial charge < -0.3 is 0 Å². The Bertz CT molecular complexity index is 1090. The van der Waals surface area contributed by atoms with Gasteiger partial charge in [-0.05, 0) is 47.5 Å². The summed E-state index contributed by atoms with van der Waals surface area (Å²) in [5, 5.41) is 8.79. The van der Waals surface area contributed by atoms with Gasteiger partial charge in [0.15, 0.2) is 5.04 Å². The third kappa shape index (κ3) is 3.08. The zero-order chi connectivity index (χ0) is 19.8.